The predicted molar refractivity (Wildman–Crippen MR) is 38.2 cm³/mol. The van der Waals surface area contributed by atoms with Crippen LogP contribution < -0.4 is 5.69 Å². The largest absolute Gasteiger partial charge is 0.343 e. The zero-order valence-electron chi connectivity index (χ0n) is 6.37. The van der Waals surface area contributed by atoms with Crippen molar-refractivity contribution in [1.82, 2.24) is 14.8 Å². The maximum Gasteiger partial charge on any atom is 0.343 e. The molecular weight excluding hydrogens is 146 g/mol. The van der Waals surface area contributed by atoms with Crippen molar-refractivity contribution in [2.75, 3.05) is 0 Å². The minimum atomic E-state index is -0.478. The molecule has 0 radical (unpaired) electrons. The van der Waals surface area contributed by atoms with Crippen LogP contribution in [0.5, 0.6) is 0 Å². The van der Waals surface area contributed by atoms with Crippen molar-refractivity contribution in [3.63, 3.8) is 0 Å². The fourth-order valence-electron chi connectivity index (χ4n) is 0.713. The lowest BCUT2D eigenvalue weighted by atomic mass is 10.2. The van der Waals surface area contributed by atoms with Gasteiger partial charge >= 0.3 is 5.69 Å². The fraction of sp³-hybridized carbons (Fsp3) is 0.500. The molecule has 0 saturated heterocycles. The molecule has 0 saturated carbocycles. The molecule has 1 aromatic heterocycles. The average Bonchev–Trinajstić information content (AvgIpc) is 2.33. The van der Waals surface area contributed by atoms with E-state index < -0.39 is 6.04 Å². The lowest BCUT2D eigenvalue weighted by Gasteiger charge is -2.03. The average molecular weight is 155 g/mol. The van der Waals surface area contributed by atoms with E-state index in [2.05, 4.69) is 10.1 Å². The summed E-state index contributed by atoms with van der Waals surface area (Å²) in [6.45, 7) is 3.05. The van der Waals surface area contributed by atoms with Gasteiger partial charge in [0.05, 0.1) is 0 Å². The van der Waals surface area contributed by atoms with Crippen molar-refractivity contribution in [2.24, 2.45) is 0 Å². The monoisotopic (exact) mass is 155 g/mol. The second kappa shape index (κ2) is 2.69. The van der Waals surface area contributed by atoms with E-state index in [-0.39, 0.29) is 11.5 Å². The van der Waals surface area contributed by atoms with E-state index in [1.807, 2.05) is 0 Å². The molecule has 1 N–H and O–H groups in total. The van der Waals surface area contributed by atoms with Gasteiger partial charge in [-0.15, -0.1) is 0 Å². The van der Waals surface area contributed by atoms with Crippen molar-refractivity contribution >= 4 is 5.78 Å². The molecule has 5 heteroatoms. The number of carbonyl (C=O) groups excluding carboxylic acids is 1. The molecule has 0 fully saturated rings. The number of aromatic nitrogens is 3. The summed E-state index contributed by atoms with van der Waals surface area (Å²) in [5.74, 6) is -0.0841. The summed E-state index contributed by atoms with van der Waals surface area (Å²) in [5.41, 5.74) is -0.354. The Kier molecular flexibility index (Phi) is 1.89. The van der Waals surface area contributed by atoms with Gasteiger partial charge < -0.3 is 0 Å². The van der Waals surface area contributed by atoms with Crippen LogP contribution >= 0.6 is 0 Å². The third-order valence-corrected chi connectivity index (χ3v) is 1.53. The van der Waals surface area contributed by atoms with E-state index in [0.717, 1.165) is 4.68 Å². The van der Waals surface area contributed by atoms with Gasteiger partial charge in [0, 0.05) is 0 Å². The van der Waals surface area contributed by atoms with E-state index in [1.54, 1.807) is 6.92 Å². The zero-order chi connectivity index (χ0) is 8.43. The second-order valence-electron chi connectivity index (χ2n) is 2.33. The number of rotatable bonds is 2. The van der Waals surface area contributed by atoms with Crippen molar-refractivity contribution in [1.29, 1.82) is 0 Å². The summed E-state index contributed by atoms with van der Waals surface area (Å²) in [4.78, 5) is 24.0. The predicted octanol–water partition coefficient (Wildman–Crippen LogP) is -0.279. The molecule has 11 heavy (non-hydrogen) atoms. The van der Waals surface area contributed by atoms with Crippen LogP contribution in [0.25, 0.3) is 0 Å². The smallest absolute Gasteiger partial charge is 0.298 e. The van der Waals surface area contributed by atoms with Crippen LogP contribution in [0.4, 0.5) is 0 Å². The number of Topliss-reactive ketones (excluding diaryl/α,β-unsaturated/α-hetero) is 1. The number of ketones is 1. The van der Waals surface area contributed by atoms with Crippen LogP contribution in [0, 0.1) is 0 Å². The summed E-state index contributed by atoms with van der Waals surface area (Å²) in [7, 11) is 0. The summed E-state index contributed by atoms with van der Waals surface area (Å²) >= 11 is 0. The van der Waals surface area contributed by atoms with Gasteiger partial charge in [0.2, 0.25) is 0 Å². The third kappa shape index (κ3) is 1.36. The Morgan fingerprint density at radius 1 is 1.82 bits per heavy atom. The number of nitrogens with zero attached hydrogens (tertiary/aromatic N) is 2. The first-order valence-electron chi connectivity index (χ1n) is 3.25. The Morgan fingerprint density at radius 2 is 2.45 bits per heavy atom. The van der Waals surface area contributed by atoms with Crippen LogP contribution in [0.1, 0.15) is 19.9 Å². The lowest BCUT2D eigenvalue weighted by molar-refractivity contribution is -0.119. The molecular formula is C6H9N3O2. The molecule has 0 aliphatic carbocycles. The molecule has 0 aliphatic rings. The minimum Gasteiger partial charge on any atom is -0.298 e. The summed E-state index contributed by atoms with van der Waals surface area (Å²) in [6.07, 6.45) is 1.27. The lowest BCUT2D eigenvalue weighted by Crippen LogP contribution is -2.25. The molecule has 0 amide bonds. The quantitative estimate of drug-likeness (QED) is 0.638. The van der Waals surface area contributed by atoms with Crippen LogP contribution in [0.3, 0.4) is 0 Å². The molecule has 0 spiro atoms. The molecule has 5 nitrogen and oxygen atoms in total. The van der Waals surface area contributed by atoms with Gasteiger partial charge in [0.25, 0.3) is 0 Å². The highest BCUT2D eigenvalue weighted by Crippen LogP contribution is 1.98. The van der Waals surface area contributed by atoms with Crippen molar-refractivity contribution in [3.8, 4) is 0 Å². The first-order chi connectivity index (χ1) is 5.13. The van der Waals surface area contributed by atoms with Crippen LogP contribution in [0.15, 0.2) is 11.1 Å². The van der Waals surface area contributed by atoms with Gasteiger partial charge in [-0.1, -0.05) is 0 Å². The number of aromatic amines is 1. The van der Waals surface area contributed by atoms with Crippen LogP contribution in [0.2, 0.25) is 0 Å². The molecule has 0 aromatic carbocycles. The Labute approximate surface area is 63.0 Å². The van der Waals surface area contributed by atoms with Gasteiger partial charge in [-0.3, -0.25) is 9.78 Å². The Morgan fingerprint density at radius 3 is 2.82 bits per heavy atom. The first kappa shape index (κ1) is 7.71. The van der Waals surface area contributed by atoms with Crippen molar-refractivity contribution < 1.29 is 4.79 Å². The summed E-state index contributed by atoms with van der Waals surface area (Å²) in [6, 6.07) is -0.478. The Balaban J connectivity index is 3.02. The van der Waals surface area contributed by atoms with Crippen LogP contribution in [-0.2, 0) is 4.79 Å². The van der Waals surface area contributed by atoms with E-state index >= 15 is 0 Å². The maximum atomic E-state index is 10.9. The Hall–Kier alpha value is -1.39. The highest BCUT2D eigenvalue weighted by atomic mass is 16.2. The highest BCUT2D eigenvalue weighted by molar-refractivity contribution is 5.79. The first-order valence-corrected chi connectivity index (χ1v) is 3.25. The molecule has 1 aromatic rings. The fourth-order valence-corrected chi connectivity index (χ4v) is 0.713. The molecule has 0 aliphatic heterocycles. The van der Waals surface area contributed by atoms with Gasteiger partial charge in [0.1, 0.15) is 12.4 Å². The third-order valence-electron chi connectivity index (χ3n) is 1.53. The number of hydrogen-bond donors (Lipinski definition) is 1. The molecule has 60 valence electrons. The van der Waals surface area contributed by atoms with E-state index in [9.17, 15) is 9.59 Å². The van der Waals surface area contributed by atoms with Gasteiger partial charge in [-0.05, 0) is 13.8 Å². The topological polar surface area (TPSA) is 67.8 Å². The van der Waals surface area contributed by atoms with Gasteiger partial charge in [-0.25, -0.2) is 9.48 Å². The zero-order valence-corrected chi connectivity index (χ0v) is 6.37. The SMILES string of the molecule is CC(=O)C(C)n1nc[nH]c1=O. The molecule has 1 atom stereocenters. The number of carbonyl (C=O) groups is 1. The van der Waals surface area contributed by atoms with E-state index in [1.165, 1.54) is 13.3 Å². The van der Waals surface area contributed by atoms with Gasteiger partial charge in [0.15, 0.2) is 5.78 Å². The minimum absolute atomic E-state index is 0.0841. The van der Waals surface area contributed by atoms with Crippen molar-refractivity contribution in [3.05, 3.63) is 16.8 Å². The summed E-state index contributed by atoms with van der Waals surface area (Å²) in [5, 5.41) is 3.66. The number of H-pyrrole nitrogens is 1. The van der Waals surface area contributed by atoms with E-state index in [4.69, 9.17) is 0 Å². The standard InChI is InChI=1S/C6H9N3O2/c1-4(5(2)10)9-6(11)7-3-8-9/h3-4H,1-2H3,(H,7,8,11). The molecule has 1 rings (SSSR count). The normalized spacial score (nSPS) is 12.9. The molecule has 0 bridgehead atoms. The van der Waals surface area contributed by atoms with Gasteiger partial charge in [-0.2, -0.15) is 5.10 Å². The summed E-state index contributed by atoms with van der Waals surface area (Å²) < 4.78 is 1.11. The molecule has 1 heterocycles. The molecule has 1 unspecified atom stereocenters. The van der Waals surface area contributed by atoms with E-state index in [0.29, 0.717) is 0 Å². The second-order valence-corrected chi connectivity index (χ2v) is 2.33. The maximum absolute atomic E-state index is 10.9. The van der Waals surface area contributed by atoms with Crippen LogP contribution in [-0.4, -0.2) is 20.5 Å². The number of hydrogen-bond acceptors (Lipinski definition) is 3. The Bertz CT molecular complexity index is 312. The highest BCUT2D eigenvalue weighted by Gasteiger charge is 2.12. The number of nitrogens with one attached hydrogen (secondary N) is 1. The van der Waals surface area contributed by atoms with Crippen molar-refractivity contribution in [2.45, 2.75) is 19.9 Å².